The van der Waals surface area contributed by atoms with Crippen LogP contribution in [0.1, 0.15) is 44.2 Å². The number of nitrogens with one attached hydrogen (secondary N) is 1. The molecule has 0 amide bonds. The Hall–Kier alpha value is -0.540. The SMILES string of the molecule is COc1c(C2CCNC2)cc(Br)cc1C(C)(C)C. The maximum Gasteiger partial charge on any atom is 0.126 e. The van der Waals surface area contributed by atoms with E-state index in [0.717, 1.165) is 23.3 Å². The fourth-order valence-corrected chi connectivity index (χ4v) is 3.10. The van der Waals surface area contributed by atoms with E-state index < -0.39 is 0 Å². The zero-order valence-corrected chi connectivity index (χ0v) is 13.2. The van der Waals surface area contributed by atoms with Crippen molar-refractivity contribution >= 4 is 15.9 Å². The molecule has 1 aliphatic heterocycles. The highest BCUT2D eigenvalue weighted by molar-refractivity contribution is 9.10. The number of benzene rings is 1. The minimum absolute atomic E-state index is 0.0932. The molecule has 1 aromatic rings. The van der Waals surface area contributed by atoms with Gasteiger partial charge < -0.3 is 10.1 Å². The molecule has 0 spiro atoms. The third-order valence-electron chi connectivity index (χ3n) is 3.59. The normalized spacial score (nSPS) is 20.2. The molecular weight excluding hydrogens is 290 g/mol. The van der Waals surface area contributed by atoms with Crippen LogP contribution in [0.15, 0.2) is 16.6 Å². The number of methoxy groups -OCH3 is 1. The first-order valence-electron chi connectivity index (χ1n) is 6.52. The molecule has 1 saturated heterocycles. The van der Waals surface area contributed by atoms with E-state index >= 15 is 0 Å². The van der Waals surface area contributed by atoms with Gasteiger partial charge in [-0.05, 0) is 36.1 Å². The summed E-state index contributed by atoms with van der Waals surface area (Å²) in [6.07, 6.45) is 1.19. The minimum atomic E-state index is 0.0932. The van der Waals surface area contributed by atoms with Crippen molar-refractivity contribution in [1.29, 1.82) is 0 Å². The van der Waals surface area contributed by atoms with E-state index in [2.05, 4.69) is 54.2 Å². The average molecular weight is 312 g/mol. The second-order valence-corrected chi connectivity index (χ2v) is 6.93. The largest absolute Gasteiger partial charge is 0.496 e. The van der Waals surface area contributed by atoms with Gasteiger partial charge in [0.1, 0.15) is 5.75 Å². The first-order valence-corrected chi connectivity index (χ1v) is 7.31. The Morgan fingerprint density at radius 3 is 2.56 bits per heavy atom. The van der Waals surface area contributed by atoms with Gasteiger partial charge in [-0.15, -0.1) is 0 Å². The van der Waals surface area contributed by atoms with Gasteiger partial charge in [-0.25, -0.2) is 0 Å². The van der Waals surface area contributed by atoms with Crippen molar-refractivity contribution < 1.29 is 4.74 Å². The molecule has 1 heterocycles. The predicted octanol–water partition coefficient (Wildman–Crippen LogP) is 3.83. The summed E-state index contributed by atoms with van der Waals surface area (Å²) in [4.78, 5) is 0. The smallest absolute Gasteiger partial charge is 0.126 e. The highest BCUT2D eigenvalue weighted by Gasteiger charge is 2.27. The van der Waals surface area contributed by atoms with Crippen LogP contribution in [0, 0.1) is 0 Å². The van der Waals surface area contributed by atoms with Crippen molar-refractivity contribution in [2.45, 2.75) is 38.5 Å². The zero-order chi connectivity index (χ0) is 13.3. The quantitative estimate of drug-likeness (QED) is 0.896. The molecule has 0 aromatic heterocycles. The lowest BCUT2D eigenvalue weighted by atomic mass is 9.83. The molecule has 1 N–H and O–H groups in total. The van der Waals surface area contributed by atoms with E-state index in [9.17, 15) is 0 Å². The molecule has 2 rings (SSSR count). The average Bonchev–Trinajstić information content (AvgIpc) is 2.80. The Labute approximate surface area is 118 Å². The summed E-state index contributed by atoms with van der Waals surface area (Å²) in [7, 11) is 1.78. The van der Waals surface area contributed by atoms with Crippen molar-refractivity contribution in [3.05, 3.63) is 27.7 Å². The lowest BCUT2D eigenvalue weighted by molar-refractivity contribution is 0.389. The molecule has 1 aromatic carbocycles. The third kappa shape index (κ3) is 2.72. The van der Waals surface area contributed by atoms with Gasteiger partial charge in [-0.1, -0.05) is 36.7 Å². The van der Waals surface area contributed by atoms with E-state index in [0.29, 0.717) is 5.92 Å². The molecule has 2 nitrogen and oxygen atoms in total. The molecule has 3 heteroatoms. The van der Waals surface area contributed by atoms with E-state index in [4.69, 9.17) is 4.74 Å². The number of hydrogen-bond donors (Lipinski definition) is 1. The van der Waals surface area contributed by atoms with Gasteiger partial charge in [0.15, 0.2) is 0 Å². The van der Waals surface area contributed by atoms with Crippen LogP contribution in [0.5, 0.6) is 5.75 Å². The van der Waals surface area contributed by atoms with Crippen LogP contribution in [0.4, 0.5) is 0 Å². The van der Waals surface area contributed by atoms with E-state index in [-0.39, 0.29) is 5.41 Å². The number of halogens is 1. The van der Waals surface area contributed by atoms with Crippen molar-refractivity contribution in [2.75, 3.05) is 20.2 Å². The first-order chi connectivity index (χ1) is 8.43. The van der Waals surface area contributed by atoms with E-state index in [1.165, 1.54) is 17.5 Å². The summed E-state index contributed by atoms with van der Waals surface area (Å²) in [6, 6.07) is 4.40. The Balaban J connectivity index is 2.54. The van der Waals surface area contributed by atoms with Gasteiger partial charge >= 0.3 is 0 Å². The van der Waals surface area contributed by atoms with Crippen molar-refractivity contribution in [2.24, 2.45) is 0 Å². The molecule has 0 saturated carbocycles. The lowest BCUT2D eigenvalue weighted by Gasteiger charge is -2.26. The number of rotatable bonds is 2. The number of hydrogen-bond acceptors (Lipinski definition) is 2. The predicted molar refractivity (Wildman–Crippen MR) is 79.6 cm³/mol. The summed E-state index contributed by atoms with van der Waals surface area (Å²) in [5, 5.41) is 3.43. The summed E-state index contributed by atoms with van der Waals surface area (Å²) in [6.45, 7) is 8.84. The van der Waals surface area contributed by atoms with Crippen LogP contribution in [-0.2, 0) is 5.41 Å². The monoisotopic (exact) mass is 311 g/mol. The van der Waals surface area contributed by atoms with Crippen LogP contribution in [0.25, 0.3) is 0 Å². The maximum atomic E-state index is 5.72. The molecule has 0 radical (unpaired) electrons. The highest BCUT2D eigenvalue weighted by Crippen LogP contribution is 2.41. The molecule has 18 heavy (non-hydrogen) atoms. The Morgan fingerprint density at radius 2 is 2.06 bits per heavy atom. The topological polar surface area (TPSA) is 21.3 Å². The molecule has 1 atom stereocenters. The van der Waals surface area contributed by atoms with Crippen molar-refractivity contribution in [1.82, 2.24) is 5.32 Å². The van der Waals surface area contributed by atoms with E-state index in [1.54, 1.807) is 7.11 Å². The van der Waals surface area contributed by atoms with Crippen LogP contribution < -0.4 is 10.1 Å². The molecule has 0 bridgehead atoms. The van der Waals surface area contributed by atoms with E-state index in [1.807, 2.05) is 0 Å². The van der Waals surface area contributed by atoms with Crippen LogP contribution in [0.2, 0.25) is 0 Å². The molecule has 0 aliphatic carbocycles. The molecular formula is C15H22BrNO. The van der Waals surface area contributed by atoms with Crippen LogP contribution in [0.3, 0.4) is 0 Å². The lowest BCUT2D eigenvalue weighted by Crippen LogP contribution is -2.16. The van der Waals surface area contributed by atoms with Gasteiger partial charge in [-0.2, -0.15) is 0 Å². The van der Waals surface area contributed by atoms with Crippen LogP contribution >= 0.6 is 15.9 Å². The maximum absolute atomic E-state index is 5.72. The molecule has 1 aliphatic rings. The fourth-order valence-electron chi connectivity index (χ4n) is 2.62. The fraction of sp³-hybridized carbons (Fsp3) is 0.600. The van der Waals surface area contributed by atoms with Crippen LogP contribution in [-0.4, -0.2) is 20.2 Å². The highest BCUT2D eigenvalue weighted by atomic mass is 79.9. The summed E-state index contributed by atoms with van der Waals surface area (Å²) < 4.78 is 6.87. The molecule has 1 unspecified atom stereocenters. The summed E-state index contributed by atoms with van der Waals surface area (Å²) in [5.41, 5.74) is 2.71. The van der Waals surface area contributed by atoms with Gasteiger partial charge in [0.2, 0.25) is 0 Å². The Bertz CT molecular complexity index is 431. The summed E-state index contributed by atoms with van der Waals surface area (Å²) >= 11 is 3.64. The van der Waals surface area contributed by atoms with Gasteiger partial charge in [0.25, 0.3) is 0 Å². The molecule has 100 valence electrons. The number of ether oxygens (including phenoxy) is 1. The Kier molecular flexibility index (Phi) is 4.02. The minimum Gasteiger partial charge on any atom is -0.496 e. The molecule has 1 fully saturated rings. The van der Waals surface area contributed by atoms with Crippen molar-refractivity contribution in [3.63, 3.8) is 0 Å². The second-order valence-electron chi connectivity index (χ2n) is 6.02. The van der Waals surface area contributed by atoms with Gasteiger partial charge in [0, 0.05) is 22.5 Å². The van der Waals surface area contributed by atoms with Gasteiger partial charge in [0.05, 0.1) is 7.11 Å². The standard InChI is InChI=1S/C15H22BrNO/c1-15(2,3)13-8-11(16)7-12(14(13)18-4)10-5-6-17-9-10/h7-8,10,17H,5-6,9H2,1-4H3. The zero-order valence-electron chi connectivity index (χ0n) is 11.6. The third-order valence-corrected chi connectivity index (χ3v) is 4.05. The summed E-state index contributed by atoms with van der Waals surface area (Å²) in [5.74, 6) is 1.64. The second kappa shape index (κ2) is 5.22. The van der Waals surface area contributed by atoms with Crippen molar-refractivity contribution in [3.8, 4) is 5.75 Å². The first kappa shape index (κ1) is 13.9. The van der Waals surface area contributed by atoms with Gasteiger partial charge in [-0.3, -0.25) is 0 Å². The Morgan fingerprint density at radius 1 is 1.33 bits per heavy atom.